The number of rotatable bonds is 0. The van der Waals surface area contributed by atoms with E-state index in [-0.39, 0.29) is 0 Å². The van der Waals surface area contributed by atoms with Gasteiger partial charge in [-0.05, 0) is 27.8 Å². The maximum atomic E-state index is 4.06. The second kappa shape index (κ2) is 6.70. The van der Waals surface area contributed by atoms with Gasteiger partial charge in [-0.3, -0.25) is 0 Å². The van der Waals surface area contributed by atoms with Gasteiger partial charge in [-0.1, -0.05) is 75.0 Å². The fourth-order valence-electron chi connectivity index (χ4n) is 1.78. The number of hydrogen-bond acceptors (Lipinski definition) is 0. The Labute approximate surface area is 103 Å². The molecule has 0 aliphatic rings. The summed E-state index contributed by atoms with van der Waals surface area (Å²) in [4.78, 5) is 0. The molecule has 0 atom stereocenters. The molecule has 2 aromatic rings. The van der Waals surface area contributed by atoms with Crippen molar-refractivity contribution in [1.29, 1.82) is 0 Å². The van der Waals surface area contributed by atoms with E-state index in [9.17, 15) is 0 Å². The molecule has 2 rings (SSSR count). The Kier molecular flexibility index (Phi) is 5.22. The van der Waals surface area contributed by atoms with Crippen LogP contribution in [0.5, 0.6) is 0 Å². The van der Waals surface area contributed by atoms with Crippen molar-refractivity contribution in [2.45, 2.75) is 20.8 Å². The largest absolute Gasteiger partial charge is 0.0911 e. The molecule has 2 aromatic carbocycles. The van der Waals surface area contributed by atoms with Crippen LogP contribution in [0.3, 0.4) is 0 Å². The smallest absolute Gasteiger partial charge is 0.0109 e. The number of benzene rings is 2. The summed E-state index contributed by atoms with van der Waals surface area (Å²) in [5, 5.41) is 4.80. The molecule has 0 heterocycles. The topological polar surface area (TPSA) is 0 Å². The fraction of sp³-hybridized carbons (Fsp3) is 0.176. The first-order chi connectivity index (χ1) is 8.33. The molecule has 0 saturated carbocycles. The zero-order valence-electron chi connectivity index (χ0n) is 10.9. The third-order valence-corrected chi connectivity index (χ3v) is 2.58. The van der Waals surface area contributed by atoms with Crippen molar-refractivity contribution in [1.82, 2.24) is 0 Å². The van der Waals surface area contributed by atoms with Crippen LogP contribution in [0, 0.1) is 10.4 Å². The SMILES string of the molecule is C=c1cccc/c1=c1\cccc\c1=C\C.CC. The molecule has 0 saturated heterocycles. The molecule has 0 amide bonds. The lowest BCUT2D eigenvalue weighted by Crippen LogP contribution is -2.07. The van der Waals surface area contributed by atoms with Crippen LogP contribution in [-0.4, -0.2) is 0 Å². The van der Waals surface area contributed by atoms with Gasteiger partial charge in [0.15, 0.2) is 0 Å². The van der Waals surface area contributed by atoms with E-state index in [2.05, 4.69) is 56.0 Å². The average molecular weight is 224 g/mol. The first-order valence-electron chi connectivity index (χ1n) is 6.12. The third kappa shape index (κ3) is 3.07. The average Bonchev–Trinajstić information content (AvgIpc) is 2.41. The molecule has 88 valence electrons. The maximum Gasteiger partial charge on any atom is -0.0109 e. The molecular formula is C17H20. The predicted molar refractivity (Wildman–Crippen MR) is 76.8 cm³/mol. The van der Waals surface area contributed by atoms with Gasteiger partial charge < -0.3 is 0 Å². The van der Waals surface area contributed by atoms with E-state index in [4.69, 9.17) is 0 Å². The Morgan fingerprint density at radius 2 is 1.35 bits per heavy atom. The van der Waals surface area contributed by atoms with E-state index in [0.717, 1.165) is 5.22 Å². The van der Waals surface area contributed by atoms with Crippen LogP contribution in [0.25, 0.3) is 12.7 Å². The van der Waals surface area contributed by atoms with Gasteiger partial charge in [0, 0.05) is 0 Å². The highest BCUT2D eigenvalue weighted by Gasteiger charge is 1.86. The van der Waals surface area contributed by atoms with Crippen molar-refractivity contribution in [3.63, 3.8) is 0 Å². The second-order valence-electron chi connectivity index (χ2n) is 3.53. The van der Waals surface area contributed by atoms with Gasteiger partial charge in [-0.2, -0.15) is 0 Å². The van der Waals surface area contributed by atoms with Gasteiger partial charge in [0.1, 0.15) is 0 Å². The lowest BCUT2D eigenvalue weighted by atomic mass is 10.1. The van der Waals surface area contributed by atoms with Crippen LogP contribution >= 0.6 is 0 Å². The van der Waals surface area contributed by atoms with Crippen LogP contribution in [0.15, 0.2) is 48.5 Å². The van der Waals surface area contributed by atoms with Gasteiger partial charge in [0.05, 0.1) is 0 Å². The van der Waals surface area contributed by atoms with E-state index in [1.807, 2.05) is 26.0 Å². The molecule has 0 nitrogen and oxygen atoms in total. The highest BCUT2D eigenvalue weighted by atomic mass is 13.9. The van der Waals surface area contributed by atoms with Crippen molar-refractivity contribution in [2.75, 3.05) is 0 Å². The highest BCUT2D eigenvalue weighted by molar-refractivity contribution is 5.26. The summed E-state index contributed by atoms with van der Waals surface area (Å²) >= 11 is 0. The Hall–Kier alpha value is -1.82. The summed E-state index contributed by atoms with van der Waals surface area (Å²) in [6.45, 7) is 10.1. The van der Waals surface area contributed by atoms with Gasteiger partial charge in [-0.25, -0.2) is 0 Å². The van der Waals surface area contributed by atoms with E-state index in [1.54, 1.807) is 0 Å². The van der Waals surface area contributed by atoms with Gasteiger partial charge in [0.2, 0.25) is 0 Å². The standard InChI is InChI=1S/C15H14.C2H6/c1-3-13-9-5-7-11-15(13)14-10-6-4-8-12(14)2;1-2/h3-11H,2H2,1H3;1-2H3/b13-3-,15-14-;. The Bertz CT molecular complexity index is 651. The molecule has 0 bridgehead atoms. The molecule has 0 N–H and O–H groups in total. The molecule has 0 fully saturated rings. The van der Waals surface area contributed by atoms with Crippen LogP contribution in [0.4, 0.5) is 0 Å². The van der Waals surface area contributed by atoms with Crippen molar-refractivity contribution >= 4 is 12.7 Å². The lowest BCUT2D eigenvalue weighted by molar-refractivity contribution is 1.40. The molecule has 0 aliphatic carbocycles. The molecule has 0 aliphatic heterocycles. The summed E-state index contributed by atoms with van der Waals surface area (Å²) < 4.78 is 0. The summed E-state index contributed by atoms with van der Waals surface area (Å²) in [6.07, 6.45) is 2.13. The Balaban J connectivity index is 0.000000686. The molecule has 0 heteroatoms. The fourth-order valence-corrected chi connectivity index (χ4v) is 1.78. The Morgan fingerprint density at radius 3 is 1.94 bits per heavy atom. The second-order valence-corrected chi connectivity index (χ2v) is 3.53. The predicted octanol–water partition coefficient (Wildman–Crippen LogP) is 3.21. The minimum atomic E-state index is 1.08. The highest BCUT2D eigenvalue weighted by Crippen LogP contribution is 1.88. The van der Waals surface area contributed by atoms with Gasteiger partial charge in [-0.15, -0.1) is 0 Å². The zero-order chi connectivity index (χ0) is 12.7. The molecule has 0 aromatic heterocycles. The summed E-state index contributed by atoms with van der Waals surface area (Å²) in [5.41, 5.74) is 0. The van der Waals surface area contributed by atoms with Gasteiger partial charge in [0.25, 0.3) is 0 Å². The van der Waals surface area contributed by atoms with E-state index < -0.39 is 0 Å². The molecular weight excluding hydrogens is 204 g/mol. The monoisotopic (exact) mass is 224 g/mol. The minimum Gasteiger partial charge on any atom is -0.0911 e. The van der Waals surface area contributed by atoms with E-state index >= 15 is 0 Å². The Morgan fingerprint density at radius 1 is 0.824 bits per heavy atom. The molecule has 0 unspecified atom stereocenters. The molecule has 17 heavy (non-hydrogen) atoms. The quantitative estimate of drug-likeness (QED) is 0.644. The van der Waals surface area contributed by atoms with Crippen LogP contribution < -0.4 is 10.4 Å². The maximum absolute atomic E-state index is 4.06. The van der Waals surface area contributed by atoms with Gasteiger partial charge >= 0.3 is 0 Å². The minimum absolute atomic E-state index is 1.08. The van der Waals surface area contributed by atoms with Crippen LogP contribution in [0.2, 0.25) is 0 Å². The zero-order valence-corrected chi connectivity index (χ0v) is 10.9. The molecule has 0 spiro atoms. The lowest BCUT2D eigenvalue weighted by Gasteiger charge is -1.92. The summed E-state index contributed by atoms with van der Waals surface area (Å²) in [6, 6.07) is 16.6. The molecule has 0 radical (unpaired) electrons. The number of hydrogen-bond donors (Lipinski definition) is 0. The summed E-state index contributed by atoms with van der Waals surface area (Å²) in [7, 11) is 0. The van der Waals surface area contributed by atoms with E-state index in [1.165, 1.54) is 15.7 Å². The first-order valence-corrected chi connectivity index (χ1v) is 6.12. The summed E-state index contributed by atoms with van der Waals surface area (Å²) in [5.74, 6) is 0. The third-order valence-electron chi connectivity index (χ3n) is 2.58. The van der Waals surface area contributed by atoms with Crippen LogP contribution in [-0.2, 0) is 0 Å². The first kappa shape index (κ1) is 13.2. The van der Waals surface area contributed by atoms with Crippen molar-refractivity contribution < 1.29 is 0 Å². The van der Waals surface area contributed by atoms with E-state index in [0.29, 0.717) is 0 Å². The van der Waals surface area contributed by atoms with Crippen LogP contribution in [0.1, 0.15) is 20.8 Å². The van der Waals surface area contributed by atoms with Crippen molar-refractivity contribution in [3.05, 3.63) is 69.4 Å². The van der Waals surface area contributed by atoms with Crippen molar-refractivity contribution in [2.24, 2.45) is 0 Å². The normalized spacial score (nSPS) is 12.8. The van der Waals surface area contributed by atoms with Crippen molar-refractivity contribution in [3.8, 4) is 0 Å².